The van der Waals surface area contributed by atoms with Crippen molar-refractivity contribution in [2.75, 3.05) is 18.5 Å². The Bertz CT molecular complexity index is 612. The van der Waals surface area contributed by atoms with Crippen LogP contribution in [0.4, 0.5) is 5.69 Å². The van der Waals surface area contributed by atoms with E-state index in [9.17, 15) is 4.79 Å². The van der Waals surface area contributed by atoms with Crippen molar-refractivity contribution in [3.8, 4) is 0 Å². The summed E-state index contributed by atoms with van der Waals surface area (Å²) in [7, 11) is 0. The average Bonchev–Trinajstić information content (AvgIpc) is 2.74. The van der Waals surface area contributed by atoms with Gasteiger partial charge in [-0.15, -0.1) is 11.3 Å². The maximum absolute atomic E-state index is 12.1. The number of amides is 1. The van der Waals surface area contributed by atoms with Gasteiger partial charge >= 0.3 is 0 Å². The molecule has 1 heterocycles. The standard InChI is InChI=1S/C13H15ClN2OS2/c1-7(18-2)6-16-13(17)12-11(15)10-8(14)4-3-5-9(10)19-12/h3-5,7H,6,15H2,1-2H3,(H,16,17). The van der Waals surface area contributed by atoms with E-state index in [1.54, 1.807) is 17.8 Å². The van der Waals surface area contributed by atoms with Crippen LogP contribution in [0.2, 0.25) is 5.02 Å². The minimum absolute atomic E-state index is 0.129. The van der Waals surface area contributed by atoms with Crippen molar-refractivity contribution in [2.45, 2.75) is 12.2 Å². The molecule has 0 fully saturated rings. The first-order valence-electron chi connectivity index (χ1n) is 5.82. The van der Waals surface area contributed by atoms with Crippen molar-refractivity contribution >= 4 is 56.4 Å². The fraction of sp³-hybridized carbons (Fsp3) is 0.308. The zero-order valence-electron chi connectivity index (χ0n) is 10.7. The van der Waals surface area contributed by atoms with Crippen LogP contribution in [-0.4, -0.2) is 24.0 Å². The molecule has 2 rings (SSSR count). The number of thiophene rings is 1. The van der Waals surface area contributed by atoms with E-state index in [0.29, 0.717) is 27.4 Å². The lowest BCUT2D eigenvalue weighted by Crippen LogP contribution is -2.29. The molecule has 0 aliphatic heterocycles. The molecule has 1 unspecified atom stereocenters. The number of thioether (sulfide) groups is 1. The fourth-order valence-electron chi connectivity index (χ4n) is 1.70. The molecule has 3 N–H and O–H groups in total. The van der Waals surface area contributed by atoms with E-state index in [0.717, 1.165) is 10.1 Å². The van der Waals surface area contributed by atoms with Gasteiger partial charge < -0.3 is 11.1 Å². The SMILES string of the molecule is CSC(C)CNC(=O)c1sc2cccc(Cl)c2c1N. The van der Waals surface area contributed by atoms with Gasteiger partial charge in [-0.05, 0) is 18.4 Å². The van der Waals surface area contributed by atoms with Gasteiger partial charge in [0, 0.05) is 21.9 Å². The summed E-state index contributed by atoms with van der Waals surface area (Å²) >= 11 is 9.21. The van der Waals surface area contributed by atoms with Crippen LogP contribution in [0.1, 0.15) is 16.6 Å². The van der Waals surface area contributed by atoms with Crippen LogP contribution >= 0.6 is 34.7 Å². The quantitative estimate of drug-likeness (QED) is 0.906. The summed E-state index contributed by atoms with van der Waals surface area (Å²) in [5.74, 6) is -0.129. The van der Waals surface area contributed by atoms with Crippen LogP contribution in [0.25, 0.3) is 10.1 Å². The van der Waals surface area contributed by atoms with Crippen molar-refractivity contribution in [1.82, 2.24) is 5.32 Å². The van der Waals surface area contributed by atoms with Gasteiger partial charge in [-0.2, -0.15) is 11.8 Å². The third kappa shape index (κ3) is 2.99. The molecule has 0 aliphatic carbocycles. The second kappa shape index (κ2) is 6.03. The summed E-state index contributed by atoms with van der Waals surface area (Å²) in [6.07, 6.45) is 2.02. The fourth-order valence-corrected chi connectivity index (χ4v) is 3.35. The van der Waals surface area contributed by atoms with Crippen molar-refractivity contribution in [2.24, 2.45) is 0 Å². The highest BCUT2D eigenvalue weighted by Gasteiger charge is 2.18. The van der Waals surface area contributed by atoms with Crippen molar-refractivity contribution in [1.29, 1.82) is 0 Å². The summed E-state index contributed by atoms with van der Waals surface area (Å²) in [5, 5.41) is 4.64. The zero-order valence-corrected chi connectivity index (χ0v) is 13.1. The van der Waals surface area contributed by atoms with E-state index in [-0.39, 0.29) is 5.91 Å². The lowest BCUT2D eigenvalue weighted by Gasteiger charge is -2.09. The molecule has 1 amide bonds. The molecule has 0 radical (unpaired) electrons. The molecule has 6 heteroatoms. The second-order valence-electron chi connectivity index (χ2n) is 4.21. The molecule has 0 saturated heterocycles. The zero-order chi connectivity index (χ0) is 14.0. The van der Waals surface area contributed by atoms with Crippen molar-refractivity contribution in [3.63, 3.8) is 0 Å². The lowest BCUT2D eigenvalue weighted by molar-refractivity contribution is 0.0959. The highest BCUT2D eigenvalue weighted by molar-refractivity contribution is 7.99. The Balaban J connectivity index is 2.28. The van der Waals surface area contributed by atoms with E-state index < -0.39 is 0 Å². The molecule has 19 heavy (non-hydrogen) atoms. The second-order valence-corrected chi connectivity index (χ2v) is 6.95. The van der Waals surface area contributed by atoms with Crippen LogP contribution in [-0.2, 0) is 0 Å². The van der Waals surface area contributed by atoms with Gasteiger partial charge in [-0.25, -0.2) is 0 Å². The average molecular weight is 315 g/mol. The van der Waals surface area contributed by atoms with E-state index in [1.165, 1.54) is 11.3 Å². The molecule has 1 atom stereocenters. The van der Waals surface area contributed by atoms with Gasteiger partial charge in [-0.3, -0.25) is 4.79 Å². The molecular weight excluding hydrogens is 300 g/mol. The van der Waals surface area contributed by atoms with Crippen LogP contribution in [0.5, 0.6) is 0 Å². The summed E-state index contributed by atoms with van der Waals surface area (Å²) in [5.41, 5.74) is 6.51. The predicted octanol–water partition coefficient (Wildman–Crippen LogP) is 3.62. The molecule has 3 nitrogen and oxygen atoms in total. The Morgan fingerprint density at radius 3 is 2.95 bits per heavy atom. The minimum atomic E-state index is -0.129. The van der Waals surface area contributed by atoms with E-state index in [2.05, 4.69) is 12.2 Å². The van der Waals surface area contributed by atoms with Gasteiger partial charge in [0.1, 0.15) is 4.88 Å². The smallest absolute Gasteiger partial charge is 0.263 e. The van der Waals surface area contributed by atoms with Crippen LogP contribution in [0.15, 0.2) is 18.2 Å². The first-order valence-corrected chi connectivity index (χ1v) is 8.30. The van der Waals surface area contributed by atoms with Gasteiger partial charge in [-0.1, -0.05) is 24.6 Å². The van der Waals surface area contributed by atoms with E-state index in [4.69, 9.17) is 17.3 Å². The third-order valence-electron chi connectivity index (χ3n) is 2.86. The highest BCUT2D eigenvalue weighted by atomic mass is 35.5. The Morgan fingerprint density at radius 2 is 2.32 bits per heavy atom. The number of benzene rings is 1. The topological polar surface area (TPSA) is 55.1 Å². The molecule has 2 aromatic rings. The van der Waals surface area contributed by atoms with Gasteiger partial charge in [0.2, 0.25) is 0 Å². The minimum Gasteiger partial charge on any atom is -0.397 e. The maximum Gasteiger partial charge on any atom is 0.263 e. The molecule has 1 aromatic carbocycles. The number of hydrogen-bond donors (Lipinski definition) is 2. The number of halogens is 1. The first kappa shape index (κ1) is 14.5. The summed E-state index contributed by atoms with van der Waals surface area (Å²) < 4.78 is 0.938. The number of nitrogens with one attached hydrogen (secondary N) is 1. The van der Waals surface area contributed by atoms with Gasteiger partial charge in [0.25, 0.3) is 5.91 Å². The molecule has 0 aliphatic rings. The first-order chi connectivity index (χ1) is 9.04. The summed E-state index contributed by atoms with van der Waals surface area (Å²) in [6, 6.07) is 5.56. The maximum atomic E-state index is 12.1. The van der Waals surface area contributed by atoms with Gasteiger partial charge in [0.05, 0.1) is 10.7 Å². The van der Waals surface area contributed by atoms with Crippen LogP contribution < -0.4 is 11.1 Å². The number of carbonyl (C=O) groups is 1. The lowest BCUT2D eigenvalue weighted by atomic mass is 10.2. The normalized spacial score (nSPS) is 12.6. The number of hydrogen-bond acceptors (Lipinski definition) is 4. The van der Waals surface area contributed by atoms with Crippen molar-refractivity contribution < 1.29 is 4.79 Å². The number of rotatable bonds is 4. The van der Waals surface area contributed by atoms with Crippen molar-refractivity contribution in [3.05, 3.63) is 28.1 Å². The Morgan fingerprint density at radius 1 is 1.58 bits per heavy atom. The Labute approximate surface area is 125 Å². The summed E-state index contributed by atoms with van der Waals surface area (Å²) in [6.45, 7) is 2.69. The largest absolute Gasteiger partial charge is 0.397 e. The molecular formula is C13H15ClN2OS2. The Kier molecular flexibility index (Phi) is 4.60. The third-order valence-corrected chi connectivity index (χ3v) is 5.32. The molecule has 0 spiro atoms. The van der Waals surface area contributed by atoms with E-state index >= 15 is 0 Å². The van der Waals surface area contributed by atoms with Crippen LogP contribution in [0, 0.1) is 0 Å². The number of carbonyl (C=O) groups excluding carboxylic acids is 1. The number of nitrogen functional groups attached to an aromatic ring is 1. The molecule has 1 aromatic heterocycles. The number of fused-ring (bicyclic) bond motifs is 1. The number of anilines is 1. The molecule has 0 bridgehead atoms. The number of nitrogens with two attached hydrogens (primary N) is 1. The summed E-state index contributed by atoms with van der Waals surface area (Å²) in [4.78, 5) is 12.7. The Hall–Kier alpha value is -0.910. The monoisotopic (exact) mass is 314 g/mol. The molecule has 102 valence electrons. The molecule has 0 saturated carbocycles. The van der Waals surface area contributed by atoms with Crippen LogP contribution in [0.3, 0.4) is 0 Å². The van der Waals surface area contributed by atoms with E-state index in [1.807, 2.05) is 18.4 Å². The van der Waals surface area contributed by atoms with Gasteiger partial charge in [0.15, 0.2) is 0 Å². The predicted molar refractivity (Wildman–Crippen MR) is 86.6 cm³/mol. The highest BCUT2D eigenvalue weighted by Crippen LogP contribution is 2.37.